The van der Waals surface area contributed by atoms with Gasteiger partial charge in [-0.05, 0) is 89.9 Å². The molecule has 0 spiro atoms. The van der Waals surface area contributed by atoms with Crippen LogP contribution in [0.3, 0.4) is 0 Å². The highest BCUT2D eigenvalue weighted by Gasteiger charge is 2.25. The van der Waals surface area contributed by atoms with Gasteiger partial charge in [0.15, 0.2) is 6.10 Å². The molecule has 1 N–H and O–H groups in total. The van der Waals surface area contributed by atoms with E-state index >= 15 is 0 Å². The molecule has 0 saturated heterocycles. The summed E-state index contributed by atoms with van der Waals surface area (Å²) >= 11 is 0. The number of ether oxygens (including phenoxy) is 4. The predicted molar refractivity (Wildman–Crippen MR) is 327 cm³/mol. The number of hydrogen-bond donors (Lipinski definition) is 1. The monoisotopic (exact) mass is 1080 g/mol. The average Bonchev–Trinajstić information content (AvgIpc) is 3.40. The van der Waals surface area contributed by atoms with Crippen LogP contribution < -0.4 is 0 Å². The number of carboxylic acid groups (broad SMARTS) is 1. The van der Waals surface area contributed by atoms with Gasteiger partial charge in [0, 0.05) is 12.8 Å². The van der Waals surface area contributed by atoms with Gasteiger partial charge in [0.25, 0.3) is 6.29 Å². The molecule has 0 amide bonds. The number of carboxylic acids is 1. The summed E-state index contributed by atoms with van der Waals surface area (Å²) in [5.41, 5.74) is 0. The molecule has 0 heterocycles. The molecule has 0 fully saturated rings. The highest BCUT2D eigenvalue weighted by Crippen LogP contribution is 2.17. The minimum absolute atomic E-state index is 0.179. The summed E-state index contributed by atoms with van der Waals surface area (Å²) in [5, 5.41) is 9.70. The van der Waals surface area contributed by atoms with Crippen LogP contribution in [0.15, 0.2) is 97.2 Å². The maximum Gasteiger partial charge on any atom is 0.361 e. The lowest BCUT2D eigenvalue weighted by Gasteiger charge is -2.25. The molecule has 0 radical (unpaired) electrons. The first-order valence-electron chi connectivity index (χ1n) is 31.4. The van der Waals surface area contributed by atoms with Crippen molar-refractivity contribution >= 4 is 17.9 Å². The molecular formula is C68H118NO8+. The van der Waals surface area contributed by atoms with E-state index in [0.29, 0.717) is 23.9 Å². The third-order valence-electron chi connectivity index (χ3n) is 13.3. The van der Waals surface area contributed by atoms with E-state index in [0.717, 1.165) is 77.0 Å². The zero-order valence-corrected chi connectivity index (χ0v) is 50.3. The molecule has 2 unspecified atom stereocenters. The van der Waals surface area contributed by atoms with Crippen molar-refractivity contribution in [2.75, 3.05) is 47.5 Å². The van der Waals surface area contributed by atoms with E-state index < -0.39 is 24.3 Å². The molecule has 0 aromatic heterocycles. The third-order valence-corrected chi connectivity index (χ3v) is 13.3. The van der Waals surface area contributed by atoms with Gasteiger partial charge in [0.1, 0.15) is 13.2 Å². The zero-order valence-electron chi connectivity index (χ0n) is 50.3. The van der Waals surface area contributed by atoms with E-state index in [1.165, 1.54) is 141 Å². The van der Waals surface area contributed by atoms with Crippen molar-refractivity contribution in [2.24, 2.45) is 0 Å². The molecule has 2 atom stereocenters. The van der Waals surface area contributed by atoms with Gasteiger partial charge in [-0.15, -0.1) is 0 Å². The van der Waals surface area contributed by atoms with E-state index in [1.54, 1.807) is 0 Å². The van der Waals surface area contributed by atoms with Crippen molar-refractivity contribution in [3.05, 3.63) is 97.2 Å². The van der Waals surface area contributed by atoms with Crippen LogP contribution >= 0.6 is 0 Å². The average molecular weight is 1080 g/mol. The van der Waals surface area contributed by atoms with Crippen molar-refractivity contribution in [1.82, 2.24) is 0 Å². The van der Waals surface area contributed by atoms with Gasteiger partial charge < -0.3 is 28.5 Å². The molecule has 0 aliphatic rings. The van der Waals surface area contributed by atoms with Crippen molar-refractivity contribution in [3.63, 3.8) is 0 Å². The molecule has 0 aliphatic carbocycles. The molecule has 0 aromatic carbocycles. The number of carbonyl (C=O) groups is 3. The Labute approximate surface area is 473 Å². The van der Waals surface area contributed by atoms with Crippen LogP contribution in [0.5, 0.6) is 0 Å². The van der Waals surface area contributed by atoms with Crippen molar-refractivity contribution in [1.29, 1.82) is 0 Å². The highest BCUT2D eigenvalue weighted by molar-refractivity contribution is 5.71. The third kappa shape index (κ3) is 59.7. The molecule has 0 aliphatic heterocycles. The van der Waals surface area contributed by atoms with Crippen molar-refractivity contribution in [2.45, 2.75) is 270 Å². The van der Waals surface area contributed by atoms with Gasteiger partial charge in [-0.2, -0.15) is 0 Å². The number of rotatable bonds is 57. The first kappa shape index (κ1) is 73.2. The minimum atomic E-state index is -1.52. The number of esters is 2. The second-order valence-electron chi connectivity index (χ2n) is 22.0. The van der Waals surface area contributed by atoms with Crippen LogP contribution in [0, 0.1) is 0 Å². The Kier molecular flexibility index (Phi) is 55.5. The van der Waals surface area contributed by atoms with Gasteiger partial charge in [-0.25, -0.2) is 4.79 Å². The fraction of sp³-hybridized carbons (Fsp3) is 0.721. The molecule has 442 valence electrons. The van der Waals surface area contributed by atoms with Gasteiger partial charge in [-0.1, -0.05) is 252 Å². The number of likely N-dealkylation sites (N-methyl/N-ethyl adjacent to an activating group) is 1. The Hall–Kier alpha value is -3.79. The quantitative estimate of drug-likeness (QED) is 0.0211. The summed E-state index contributed by atoms with van der Waals surface area (Å²) in [5.74, 6) is -2.06. The van der Waals surface area contributed by atoms with E-state index in [-0.39, 0.29) is 38.6 Å². The Bertz CT molecular complexity index is 1580. The summed E-state index contributed by atoms with van der Waals surface area (Å²) in [6, 6.07) is 0. The standard InChI is InChI=1S/C68H117NO8/c1-6-8-10-12-14-16-18-20-22-23-24-25-26-27-28-29-30-31-32-33-34-35-36-37-38-39-40-41-42-43-45-47-49-51-53-55-57-59-66(71)77-64(63-76-68(67(72)73)74-61-60-69(3,4)5)62-75-65(70)58-56-54-52-50-48-46-44-21-19-17-15-13-11-9-7-2/h8-11,14-17,20-22,24-25,44,48,50,64,68H,6-7,12-13,18-19,23,26-43,45-47,49,51-63H2,1-5H3/p+1/b10-8-,11-9-,16-14-,17-15-,22-20-,25-24-,44-21-,50-48-. The number of hydrogen-bond acceptors (Lipinski definition) is 7. The van der Waals surface area contributed by atoms with Crippen LogP contribution in [0.1, 0.15) is 258 Å². The topological polar surface area (TPSA) is 108 Å². The highest BCUT2D eigenvalue weighted by atomic mass is 16.7. The largest absolute Gasteiger partial charge is 0.477 e. The van der Waals surface area contributed by atoms with Gasteiger partial charge in [0.05, 0.1) is 34.4 Å². The van der Waals surface area contributed by atoms with Crippen LogP contribution in [-0.4, -0.2) is 87.4 Å². The maximum absolute atomic E-state index is 12.9. The summed E-state index contributed by atoms with van der Waals surface area (Å²) in [4.78, 5) is 37.4. The molecule has 9 heteroatoms. The number of aliphatic carboxylic acids is 1. The van der Waals surface area contributed by atoms with E-state index in [9.17, 15) is 19.5 Å². The minimum Gasteiger partial charge on any atom is -0.477 e. The van der Waals surface area contributed by atoms with Crippen LogP contribution in [0.25, 0.3) is 0 Å². The summed E-state index contributed by atoms with van der Waals surface area (Å²) in [6.45, 7) is 4.61. The second-order valence-corrected chi connectivity index (χ2v) is 22.0. The lowest BCUT2D eigenvalue weighted by Crippen LogP contribution is -2.40. The predicted octanol–water partition coefficient (Wildman–Crippen LogP) is 18.9. The normalized spacial score (nSPS) is 13.4. The Morgan fingerprint density at radius 3 is 1.06 bits per heavy atom. The lowest BCUT2D eigenvalue weighted by atomic mass is 10.0. The summed E-state index contributed by atoms with van der Waals surface area (Å²) in [7, 11) is 5.95. The van der Waals surface area contributed by atoms with Crippen molar-refractivity contribution < 1.29 is 42.9 Å². The van der Waals surface area contributed by atoms with Crippen molar-refractivity contribution in [3.8, 4) is 0 Å². The molecule has 0 aromatic rings. The van der Waals surface area contributed by atoms with Crippen LogP contribution in [0.4, 0.5) is 0 Å². The first-order valence-corrected chi connectivity index (χ1v) is 31.4. The molecular weight excluding hydrogens is 959 g/mol. The second kappa shape index (κ2) is 58.4. The van der Waals surface area contributed by atoms with E-state index in [2.05, 4.69) is 111 Å². The number of carbonyl (C=O) groups excluding carboxylic acids is 2. The Morgan fingerprint density at radius 2 is 0.701 bits per heavy atom. The molecule has 0 saturated carbocycles. The Balaban J connectivity index is 4.04. The van der Waals surface area contributed by atoms with Gasteiger partial charge >= 0.3 is 17.9 Å². The molecule has 77 heavy (non-hydrogen) atoms. The number of nitrogens with zero attached hydrogens (tertiary/aromatic N) is 1. The number of unbranched alkanes of at least 4 members (excludes halogenated alkanes) is 26. The van der Waals surface area contributed by atoms with E-state index in [4.69, 9.17) is 18.9 Å². The van der Waals surface area contributed by atoms with Crippen LogP contribution in [0.2, 0.25) is 0 Å². The fourth-order valence-electron chi connectivity index (χ4n) is 8.59. The Morgan fingerprint density at radius 1 is 0.390 bits per heavy atom. The summed E-state index contributed by atoms with van der Waals surface area (Å²) < 4.78 is 22.8. The first-order chi connectivity index (χ1) is 37.6. The van der Waals surface area contributed by atoms with Gasteiger partial charge in [0.2, 0.25) is 0 Å². The number of allylic oxidation sites excluding steroid dienone is 16. The summed E-state index contributed by atoms with van der Waals surface area (Å²) in [6.07, 6.45) is 76.7. The molecule has 9 nitrogen and oxygen atoms in total. The molecule has 0 rings (SSSR count). The smallest absolute Gasteiger partial charge is 0.361 e. The maximum atomic E-state index is 12.9. The van der Waals surface area contributed by atoms with Crippen LogP contribution in [-0.2, 0) is 33.3 Å². The zero-order chi connectivity index (χ0) is 56.2. The fourth-order valence-corrected chi connectivity index (χ4v) is 8.59. The number of quaternary nitrogens is 1. The van der Waals surface area contributed by atoms with E-state index in [1.807, 2.05) is 21.1 Å². The SMILES string of the molecule is CC/C=C\C/C=C\C/C=C\C/C=C\CCCCCCCCCCCCCCCCCCCCCCCCCCC(=O)OC(COC(=O)CCCC/C=C\C/C=C\C/C=C\C/C=C\CC)COC(OCC[N+](C)(C)C)C(=O)O. The van der Waals surface area contributed by atoms with Gasteiger partial charge in [-0.3, -0.25) is 9.59 Å². The molecule has 0 bridgehead atoms. The lowest BCUT2D eigenvalue weighted by molar-refractivity contribution is -0.870.